The quantitative estimate of drug-likeness (QED) is 0.571. The van der Waals surface area contributed by atoms with Crippen LogP contribution in [0.3, 0.4) is 0 Å². The molecule has 0 aromatic heterocycles. The van der Waals surface area contributed by atoms with Gasteiger partial charge in [-0.25, -0.2) is 17.9 Å². The van der Waals surface area contributed by atoms with Crippen LogP contribution in [0.4, 0.5) is 5.69 Å². The average Bonchev–Trinajstić information content (AvgIpc) is 2.72. The van der Waals surface area contributed by atoms with Gasteiger partial charge >= 0.3 is 5.97 Å². The number of hydrogen-bond acceptors (Lipinski definition) is 6. The molecule has 2 rings (SSSR count). The van der Waals surface area contributed by atoms with E-state index in [4.69, 9.17) is 9.47 Å². The lowest BCUT2D eigenvalue weighted by atomic mass is 10.1. The van der Waals surface area contributed by atoms with Crippen molar-refractivity contribution in [3.63, 3.8) is 0 Å². The molecule has 0 saturated heterocycles. The van der Waals surface area contributed by atoms with E-state index in [1.807, 2.05) is 32.0 Å². The SMILES string of the molecule is CCc1cccc(C)c1NC(=O)COC(=O)c1ccc(OC)c(S(=O)(=O)NC(C)C)c1. The number of rotatable bonds is 9. The van der Waals surface area contributed by atoms with Crippen molar-refractivity contribution in [1.82, 2.24) is 4.72 Å². The lowest BCUT2D eigenvalue weighted by molar-refractivity contribution is -0.119. The lowest BCUT2D eigenvalue weighted by Crippen LogP contribution is -2.30. The van der Waals surface area contributed by atoms with E-state index >= 15 is 0 Å². The summed E-state index contributed by atoms with van der Waals surface area (Å²) >= 11 is 0. The third-order valence-electron chi connectivity index (χ3n) is 4.42. The summed E-state index contributed by atoms with van der Waals surface area (Å²) in [6, 6.07) is 9.28. The highest BCUT2D eigenvalue weighted by Gasteiger charge is 2.23. The van der Waals surface area contributed by atoms with Gasteiger partial charge in [0.2, 0.25) is 10.0 Å². The molecule has 31 heavy (non-hydrogen) atoms. The fourth-order valence-electron chi connectivity index (χ4n) is 2.98. The Morgan fingerprint density at radius 2 is 1.84 bits per heavy atom. The Morgan fingerprint density at radius 1 is 1.13 bits per heavy atom. The van der Waals surface area contributed by atoms with Gasteiger partial charge in [0.25, 0.3) is 5.91 Å². The number of carbonyl (C=O) groups excluding carboxylic acids is 2. The molecule has 0 aliphatic rings. The van der Waals surface area contributed by atoms with Crippen molar-refractivity contribution in [1.29, 1.82) is 0 Å². The first kappa shape index (κ1) is 24.4. The molecule has 2 aromatic rings. The van der Waals surface area contributed by atoms with Crippen molar-refractivity contribution in [2.24, 2.45) is 0 Å². The van der Waals surface area contributed by atoms with E-state index in [1.165, 1.54) is 25.3 Å². The van der Waals surface area contributed by atoms with Gasteiger partial charge in [0.1, 0.15) is 10.6 Å². The maximum atomic E-state index is 12.6. The molecule has 0 bridgehead atoms. The summed E-state index contributed by atoms with van der Waals surface area (Å²) in [5, 5.41) is 2.77. The maximum absolute atomic E-state index is 12.6. The summed E-state index contributed by atoms with van der Waals surface area (Å²) in [6.45, 7) is 6.71. The van der Waals surface area contributed by atoms with Gasteiger partial charge in [-0.05, 0) is 56.5 Å². The number of benzene rings is 2. The monoisotopic (exact) mass is 448 g/mol. The smallest absolute Gasteiger partial charge is 0.338 e. The van der Waals surface area contributed by atoms with Crippen LogP contribution in [-0.4, -0.2) is 40.1 Å². The van der Waals surface area contributed by atoms with E-state index in [2.05, 4.69) is 10.0 Å². The van der Waals surface area contributed by atoms with Gasteiger partial charge in [0.05, 0.1) is 12.7 Å². The summed E-state index contributed by atoms with van der Waals surface area (Å²) < 4.78 is 37.7. The molecule has 0 unspecified atom stereocenters. The summed E-state index contributed by atoms with van der Waals surface area (Å²) in [7, 11) is -2.57. The first-order valence-corrected chi connectivity index (χ1v) is 11.3. The largest absolute Gasteiger partial charge is 0.495 e. The molecule has 1 amide bonds. The van der Waals surface area contributed by atoms with Crippen LogP contribution in [0.2, 0.25) is 0 Å². The molecule has 0 aliphatic carbocycles. The Kier molecular flexibility index (Phi) is 8.18. The molecule has 2 aromatic carbocycles. The van der Waals surface area contributed by atoms with Crippen molar-refractivity contribution >= 4 is 27.6 Å². The van der Waals surface area contributed by atoms with Crippen LogP contribution >= 0.6 is 0 Å². The number of esters is 1. The Bertz CT molecular complexity index is 1060. The van der Waals surface area contributed by atoms with E-state index in [-0.39, 0.29) is 22.3 Å². The highest BCUT2D eigenvalue weighted by Crippen LogP contribution is 2.25. The van der Waals surface area contributed by atoms with Gasteiger partial charge in [0.15, 0.2) is 6.61 Å². The molecular weight excluding hydrogens is 420 g/mol. The molecule has 0 fully saturated rings. The van der Waals surface area contributed by atoms with Crippen molar-refractivity contribution in [2.75, 3.05) is 19.0 Å². The van der Waals surface area contributed by atoms with E-state index in [0.29, 0.717) is 5.69 Å². The van der Waals surface area contributed by atoms with E-state index < -0.39 is 28.5 Å². The second kappa shape index (κ2) is 10.4. The number of para-hydroxylation sites is 1. The molecule has 168 valence electrons. The third kappa shape index (κ3) is 6.28. The highest BCUT2D eigenvalue weighted by atomic mass is 32.2. The van der Waals surface area contributed by atoms with Crippen molar-refractivity contribution < 1.29 is 27.5 Å². The number of hydrogen-bond donors (Lipinski definition) is 2. The van der Waals surface area contributed by atoms with Gasteiger partial charge in [-0.1, -0.05) is 25.1 Å². The second-order valence-electron chi connectivity index (χ2n) is 7.23. The van der Waals surface area contributed by atoms with Crippen LogP contribution in [0.15, 0.2) is 41.3 Å². The zero-order valence-corrected chi connectivity index (χ0v) is 19.1. The zero-order valence-electron chi connectivity index (χ0n) is 18.3. The minimum atomic E-state index is -3.90. The number of ether oxygens (including phenoxy) is 2. The van der Waals surface area contributed by atoms with Gasteiger partial charge in [-0.2, -0.15) is 0 Å². The summed E-state index contributed by atoms with van der Waals surface area (Å²) in [4.78, 5) is 24.6. The Morgan fingerprint density at radius 3 is 2.45 bits per heavy atom. The van der Waals surface area contributed by atoms with Gasteiger partial charge in [-0.3, -0.25) is 4.79 Å². The van der Waals surface area contributed by atoms with Crippen LogP contribution < -0.4 is 14.8 Å². The van der Waals surface area contributed by atoms with Crippen LogP contribution in [0.25, 0.3) is 0 Å². The molecule has 0 aliphatic heterocycles. The molecule has 0 saturated carbocycles. The second-order valence-corrected chi connectivity index (χ2v) is 8.91. The maximum Gasteiger partial charge on any atom is 0.338 e. The number of nitrogens with one attached hydrogen (secondary N) is 2. The molecule has 0 heterocycles. The zero-order chi connectivity index (χ0) is 23.2. The Hall–Kier alpha value is -2.91. The number of carbonyl (C=O) groups is 2. The van der Waals surface area contributed by atoms with Crippen molar-refractivity contribution in [3.8, 4) is 5.75 Å². The number of sulfonamides is 1. The summed E-state index contributed by atoms with van der Waals surface area (Å²) in [5.74, 6) is -1.21. The molecule has 9 heteroatoms. The fourth-order valence-corrected chi connectivity index (χ4v) is 4.43. The number of aryl methyl sites for hydroxylation is 2. The molecule has 8 nitrogen and oxygen atoms in total. The number of methoxy groups -OCH3 is 1. The van der Waals surface area contributed by atoms with Gasteiger partial charge in [-0.15, -0.1) is 0 Å². The van der Waals surface area contributed by atoms with Crippen LogP contribution in [-0.2, 0) is 26.0 Å². The standard InChI is InChI=1S/C22H28N2O6S/c1-6-16-9-7-8-15(4)21(16)23-20(25)13-30-22(26)17-10-11-18(29-5)19(12-17)31(27,28)24-14(2)3/h7-12,14,24H,6,13H2,1-5H3,(H,23,25). The normalized spacial score (nSPS) is 11.3. The Labute approximate surface area is 183 Å². The van der Waals surface area contributed by atoms with E-state index in [1.54, 1.807) is 13.8 Å². The van der Waals surface area contributed by atoms with E-state index in [0.717, 1.165) is 17.5 Å². The van der Waals surface area contributed by atoms with Crippen molar-refractivity contribution in [2.45, 2.75) is 45.1 Å². The van der Waals surface area contributed by atoms with Gasteiger partial charge in [0, 0.05) is 11.7 Å². The minimum Gasteiger partial charge on any atom is -0.495 e. The van der Waals surface area contributed by atoms with Gasteiger partial charge < -0.3 is 14.8 Å². The molecule has 0 radical (unpaired) electrons. The highest BCUT2D eigenvalue weighted by molar-refractivity contribution is 7.89. The molecule has 2 N–H and O–H groups in total. The predicted octanol–water partition coefficient (Wildman–Crippen LogP) is 3.05. The van der Waals surface area contributed by atoms with Crippen LogP contribution in [0.5, 0.6) is 5.75 Å². The summed E-state index contributed by atoms with van der Waals surface area (Å²) in [5.41, 5.74) is 2.57. The minimum absolute atomic E-state index is 0.0112. The van der Waals surface area contributed by atoms with Crippen molar-refractivity contribution in [3.05, 3.63) is 53.1 Å². The first-order chi connectivity index (χ1) is 14.6. The molecular formula is C22H28N2O6S. The topological polar surface area (TPSA) is 111 Å². The summed E-state index contributed by atoms with van der Waals surface area (Å²) in [6.07, 6.45) is 0.741. The van der Waals surface area contributed by atoms with Crippen LogP contribution in [0.1, 0.15) is 42.3 Å². The van der Waals surface area contributed by atoms with Crippen LogP contribution in [0, 0.1) is 6.92 Å². The molecule has 0 atom stereocenters. The fraction of sp³-hybridized carbons (Fsp3) is 0.364. The predicted molar refractivity (Wildman–Crippen MR) is 118 cm³/mol. The lowest BCUT2D eigenvalue weighted by Gasteiger charge is -2.14. The number of anilines is 1. The third-order valence-corrected chi connectivity index (χ3v) is 6.10. The van der Waals surface area contributed by atoms with E-state index in [9.17, 15) is 18.0 Å². The first-order valence-electron chi connectivity index (χ1n) is 9.84. The molecule has 0 spiro atoms. The average molecular weight is 449 g/mol. The Balaban J connectivity index is 2.14. The number of amides is 1.